The van der Waals surface area contributed by atoms with E-state index in [1.54, 1.807) is 49.4 Å². The van der Waals surface area contributed by atoms with E-state index in [9.17, 15) is 23.1 Å². The van der Waals surface area contributed by atoms with E-state index in [0.717, 1.165) is 12.1 Å². The average Bonchev–Trinajstić information content (AvgIpc) is 2.74. The summed E-state index contributed by atoms with van der Waals surface area (Å²) >= 11 is 6.19. The van der Waals surface area contributed by atoms with Crippen LogP contribution >= 0.6 is 11.6 Å². The lowest BCUT2D eigenvalue weighted by Gasteiger charge is -2.13. The quantitative estimate of drug-likeness (QED) is 0.401. The van der Waals surface area contributed by atoms with E-state index >= 15 is 0 Å². The molecule has 0 aliphatic carbocycles. The zero-order chi connectivity index (χ0) is 23.3. The van der Waals surface area contributed by atoms with Crippen molar-refractivity contribution in [3.05, 3.63) is 94.0 Å². The molecule has 0 unspecified atom stereocenters. The minimum Gasteiger partial charge on any atom is -0.489 e. The third-order valence-corrected chi connectivity index (χ3v) is 4.82. The van der Waals surface area contributed by atoms with Crippen LogP contribution in [0.4, 0.5) is 13.2 Å². The molecule has 0 spiro atoms. The predicted molar refractivity (Wildman–Crippen MR) is 116 cm³/mol. The summed E-state index contributed by atoms with van der Waals surface area (Å²) in [5.74, 6) is -0.0211. The van der Waals surface area contributed by atoms with Gasteiger partial charge in [0.1, 0.15) is 23.9 Å². The number of alkyl halides is 3. The molecule has 0 heterocycles. The van der Waals surface area contributed by atoms with Gasteiger partial charge in [-0.25, -0.2) is 4.79 Å². The van der Waals surface area contributed by atoms with Crippen molar-refractivity contribution in [2.75, 3.05) is 6.61 Å². The average molecular weight is 463 g/mol. The van der Waals surface area contributed by atoms with Gasteiger partial charge in [0.15, 0.2) is 0 Å². The Morgan fingerprint density at radius 1 is 1.06 bits per heavy atom. The topological polar surface area (TPSA) is 55.8 Å². The van der Waals surface area contributed by atoms with Crippen LogP contribution in [-0.4, -0.2) is 17.7 Å². The first-order valence-electron chi connectivity index (χ1n) is 9.42. The van der Waals surface area contributed by atoms with Crippen molar-refractivity contribution in [2.24, 2.45) is 0 Å². The van der Waals surface area contributed by atoms with Crippen LogP contribution in [0, 0.1) is 6.92 Å². The maximum Gasteiger partial charge on any atom is 0.416 e. The Kier molecular flexibility index (Phi) is 7.10. The van der Waals surface area contributed by atoms with Gasteiger partial charge in [0, 0.05) is 6.07 Å². The van der Waals surface area contributed by atoms with Crippen LogP contribution in [0.2, 0.25) is 5.02 Å². The lowest BCUT2D eigenvalue weighted by molar-refractivity contribution is -0.137. The first-order valence-corrected chi connectivity index (χ1v) is 9.80. The molecule has 0 radical (unpaired) electrons. The number of aryl methyl sites for hydroxylation is 1. The zero-order valence-electron chi connectivity index (χ0n) is 16.8. The Morgan fingerprint density at radius 3 is 2.41 bits per heavy atom. The smallest absolute Gasteiger partial charge is 0.416 e. The Bertz CT molecular complexity index is 1140. The molecule has 0 aromatic heterocycles. The summed E-state index contributed by atoms with van der Waals surface area (Å²) in [6.07, 6.45) is -1.04. The Labute approximate surface area is 187 Å². The number of carboxylic acids is 1. The molecule has 166 valence electrons. The van der Waals surface area contributed by atoms with Crippen LogP contribution in [0.25, 0.3) is 6.08 Å². The number of benzene rings is 3. The number of hydrogen-bond donors (Lipinski definition) is 1. The van der Waals surface area contributed by atoms with E-state index in [4.69, 9.17) is 21.1 Å². The highest BCUT2D eigenvalue weighted by Crippen LogP contribution is 2.36. The number of rotatable bonds is 7. The van der Waals surface area contributed by atoms with Crippen molar-refractivity contribution in [1.82, 2.24) is 0 Å². The van der Waals surface area contributed by atoms with Gasteiger partial charge in [0.05, 0.1) is 16.1 Å². The van der Waals surface area contributed by atoms with E-state index in [0.29, 0.717) is 22.6 Å². The molecule has 3 aromatic rings. The second kappa shape index (κ2) is 9.78. The molecule has 0 aliphatic rings. The van der Waals surface area contributed by atoms with Crippen LogP contribution in [0.3, 0.4) is 0 Å². The number of aromatic carboxylic acids is 1. The van der Waals surface area contributed by atoms with Crippen LogP contribution in [0.5, 0.6) is 17.2 Å². The SMILES string of the molecule is Cc1ccc(C(=O)O)c(Cl)c1Oc1cccc(OC/C=C/c2ccc(C(F)(F)F)cc2)c1. The molecular weight excluding hydrogens is 445 g/mol. The monoisotopic (exact) mass is 462 g/mol. The van der Waals surface area contributed by atoms with E-state index in [-0.39, 0.29) is 22.9 Å². The van der Waals surface area contributed by atoms with Crippen molar-refractivity contribution in [3.8, 4) is 17.2 Å². The van der Waals surface area contributed by atoms with E-state index < -0.39 is 17.7 Å². The lowest BCUT2D eigenvalue weighted by atomic mass is 10.1. The molecule has 4 nitrogen and oxygen atoms in total. The second-order valence-electron chi connectivity index (χ2n) is 6.79. The van der Waals surface area contributed by atoms with Gasteiger partial charge in [-0.3, -0.25) is 0 Å². The highest BCUT2D eigenvalue weighted by atomic mass is 35.5. The summed E-state index contributed by atoms with van der Waals surface area (Å²) in [6, 6.07) is 14.5. The zero-order valence-corrected chi connectivity index (χ0v) is 17.6. The molecule has 0 bridgehead atoms. The van der Waals surface area contributed by atoms with Gasteiger partial charge >= 0.3 is 12.1 Å². The standard InChI is InChI=1S/C24H18ClF3O4/c1-15-7-12-20(23(29)30)21(25)22(15)32-19-6-2-5-18(14-19)31-13-3-4-16-8-10-17(11-9-16)24(26,27)28/h2-12,14H,13H2,1H3,(H,29,30)/b4-3+. The van der Waals surface area contributed by atoms with E-state index in [2.05, 4.69) is 0 Å². The van der Waals surface area contributed by atoms with Gasteiger partial charge < -0.3 is 14.6 Å². The Hall–Kier alpha value is -3.45. The molecule has 3 rings (SSSR count). The minimum atomic E-state index is -4.36. The summed E-state index contributed by atoms with van der Waals surface area (Å²) < 4.78 is 49.2. The second-order valence-corrected chi connectivity index (χ2v) is 7.17. The number of carboxylic acid groups (broad SMARTS) is 1. The van der Waals surface area contributed by atoms with Gasteiger partial charge in [0.2, 0.25) is 0 Å². The third-order valence-electron chi connectivity index (χ3n) is 4.44. The van der Waals surface area contributed by atoms with Gasteiger partial charge in [-0.15, -0.1) is 0 Å². The number of hydrogen-bond acceptors (Lipinski definition) is 3. The summed E-state index contributed by atoms with van der Waals surface area (Å²) in [5, 5.41) is 9.23. The van der Waals surface area contributed by atoms with Crippen LogP contribution in [0.15, 0.2) is 66.7 Å². The third kappa shape index (κ3) is 5.82. The minimum absolute atomic E-state index is 0.00305. The maximum atomic E-state index is 12.6. The van der Waals surface area contributed by atoms with Crippen molar-refractivity contribution in [2.45, 2.75) is 13.1 Å². The predicted octanol–water partition coefficient (Wildman–Crippen LogP) is 7.25. The molecular formula is C24H18ClF3O4. The molecule has 0 fully saturated rings. The maximum absolute atomic E-state index is 12.6. The molecule has 0 atom stereocenters. The number of ether oxygens (including phenoxy) is 2. The Morgan fingerprint density at radius 2 is 1.75 bits per heavy atom. The van der Waals surface area contributed by atoms with Crippen molar-refractivity contribution in [1.29, 1.82) is 0 Å². The van der Waals surface area contributed by atoms with E-state index in [1.807, 2.05) is 0 Å². The fraction of sp³-hybridized carbons (Fsp3) is 0.125. The van der Waals surface area contributed by atoms with Crippen LogP contribution in [0.1, 0.15) is 27.0 Å². The number of halogens is 4. The fourth-order valence-electron chi connectivity index (χ4n) is 2.80. The highest BCUT2D eigenvalue weighted by molar-refractivity contribution is 6.35. The highest BCUT2D eigenvalue weighted by Gasteiger charge is 2.29. The fourth-order valence-corrected chi connectivity index (χ4v) is 3.13. The first kappa shape index (κ1) is 23.2. The molecule has 0 amide bonds. The normalized spacial score (nSPS) is 11.5. The van der Waals surface area contributed by atoms with Crippen LogP contribution in [-0.2, 0) is 6.18 Å². The molecule has 3 aromatic carbocycles. The summed E-state index contributed by atoms with van der Waals surface area (Å²) in [6.45, 7) is 1.93. The van der Waals surface area contributed by atoms with Crippen molar-refractivity contribution < 1.29 is 32.5 Å². The van der Waals surface area contributed by atoms with Crippen molar-refractivity contribution in [3.63, 3.8) is 0 Å². The van der Waals surface area contributed by atoms with Gasteiger partial charge in [-0.1, -0.05) is 41.9 Å². The first-order chi connectivity index (χ1) is 15.1. The van der Waals surface area contributed by atoms with Gasteiger partial charge in [-0.2, -0.15) is 13.2 Å². The van der Waals surface area contributed by atoms with Crippen LogP contribution < -0.4 is 9.47 Å². The molecule has 0 saturated carbocycles. The molecule has 0 saturated heterocycles. The van der Waals surface area contributed by atoms with Gasteiger partial charge in [-0.05, 0) is 54.5 Å². The lowest BCUT2D eigenvalue weighted by Crippen LogP contribution is -2.03. The molecule has 8 heteroatoms. The molecule has 32 heavy (non-hydrogen) atoms. The van der Waals surface area contributed by atoms with Crippen molar-refractivity contribution >= 4 is 23.6 Å². The van der Waals surface area contributed by atoms with Gasteiger partial charge in [0.25, 0.3) is 0 Å². The van der Waals surface area contributed by atoms with E-state index in [1.165, 1.54) is 18.2 Å². The number of carbonyl (C=O) groups is 1. The largest absolute Gasteiger partial charge is 0.489 e. The summed E-state index contributed by atoms with van der Waals surface area (Å²) in [4.78, 5) is 11.3. The molecule has 1 N–H and O–H groups in total. The summed E-state index contributed by atoms with van der Waals surface area (Å²) in [7, 11) is 0. The summed E-state index contributed by atoms with van der Waals surface area (Å²) in [5.41, 5.74) is 0.521. The Balaban J connectivity index is 1.64. The molecule has 0 aliphatic heterocycles.